The van der Waals surface area contributed by atoms with Crippen molar-refractivity contribution in [3.8, 4) is 11.1 Å². The van der Waals surface area contributed by atoms with Gasteiger partial charge in [-0.25, -0.2) is 0 Å². The molecular weight excluding hydrogens is 364 g/mol. The number of carbonyl (C=O) groups excluding carboxylic acids is 1. The third kappa shape index (κ3) is 4.08. The zero-order valence-corrected chi connectivity index (χ0v) is 16.6. The van der Waals surface area contributed by atoms with E-state index in [0.29, 0.717) is 12.5 Å². The van der Waals surface area contributed by atoms with E-state index in [4.69, 9.17) is 17.3 Å². The summed E-state index contributed by atoms with van der Waals surface area (Å²) in [4.78, 5) is 14.6. The van der Waals surface area contributed by atoms with E-state index < -0.39 is 0 Å². The van der Waals surface area contributed by atoms with Crippen LogP contribution in [0.1, 0.15) is 24.3 Å². The zero-order valence-electron chi connectivity index (χ0n) is 14.9. The first-order chi connectivity index (χ1) is 12.6. The van der Waals surface area contributed by atoms with Crippen molar-refractivity contribution in [2.24, 2.45) is 11.7 Å². The molecule has 1 saturated carbocycles. The molecule has 2 fully saturated rings. The summed E-state index contributed by atoms with van der Waals surface area (Å²) in [7, 11) is 0. The molecule has 1 amide bonds. The topological polar surface area (TPSA) is 46.3 Å². The fourth-order valence-electron chi connectivity index (χ4n) is 3.75. The fourth-order valence-corrected chi connectivity index (χ4v) is 3.93. The van der Waals surface area contributed by atoms with Gasteiger partial charge in [0.1, 0.15) is 0 Å². The molecule has 2 aromatic rings. The van der Waals surface area contributed by atoms with Gasteiger partial charge in [-0.2, -0.15) is 12.6 Å². The Kier molecular flexibility index (Phi) is 6.28. The molecule has 0 radical (unpaired) electrons. The Morgan fingerprint density at radius 1 is 1.19 bits per heavy atom. The van der Waals surface area contributed by atoms with Crippen LogP contribution in [0.5, 0.6) is 0 Å². The lowest BCUT2D eigenvalue weighted by Crippen LogP contribution is -2.33. The minimum absolute atomic E-state index is 0.0962. The number of nitrogens with two attached hydrogens (primary N) is 1. The first-order valence-corrected chi connectivity index (χ1v) is 10.2. The Morgan fingerprint density at radius 2 is 1.92 bits per heavy atom. The largest absolute Gasteiger partial charge is 0.341 e. The molecule has 0 bridgehead atoms. The summed E-state index contributed by atoms with van der Waals surface area (Å²) < 4.78 is 0. The molecule has 1 aliphatic carbocycles. The van der Waals surface area contributed by atoms with E-state index in [0.717, 1.165) is 35.5 Å². The second-order valence-corrected chi connectivity index (χ2v) is 7.32. The highest BCUT2D eigenvalue weighted by Gasteiger charge is 2.47. The van der Waals surface area contributed by atoms with Crippen LogP contribution in [-0.4, -0.2) is 36.2 Å². The molecular formula is C21H25ClN2OS. The van der Waals surface area contributed by atoms with E-state index in [1.807, 2.05) is 35.2 Å². The van der Waals surface area contributed by atoms with Crippen molar-refractivity contribution in [3.05, 3.63) is 59.1 Å². The van der Waals surface area contributed by atoms with Crippen molar-refractivity contribution in [2.45, 2.75) is 24.8 Å². The maximum Gasteiger partial charge on any atom is 0.226 e. The maximum absolute atomic E-state index is 12.7. The number of amides is 1. The molecule has 2 aromatic carbocycles. The Balaban J connectivity index is 0.000000948. The first kappa shape index (κ1) is 19.3. The normalized spacial score (nSPS) is 24.0. The molecule has 3 nitrogen and oxygen atoms in total. The first-order valence-electron chi connectivity index (χ1n) is 8.97. The van der Waals surface area contributed by atoms with Crippen LogP contribution in [0, 0.1) is 5.92 Å². The van der Waals surface area contributed by atoms with Crippen LogP contribution >= 0.6 is 24.2 Å². The monoisotopic (exact) mass is 388 g/mol. The highest BCUT2D eigenvalue weighted by molar-refractivity contribution is 7.79. The SMILES string of the molecule is CS.NC1CCN(C(=O)C2CC2c2ccc(Cl)cc2-c2ccccc2)C1. The number of carbonyl (C=O) groups is 1. The summed E-state index contributed by atoms with van der Waals surface area (Å²) >= 11 is 9.75. The highest BCUT2D eigenvalue weighted by Crippen LogP contribution is 2.51. The summed E-state index contributed by atoms with van der Waals surface area (Å²) in [6.45, 7) is 1.50. The number of rotatable bonds is 3. The van der Waals surface area contributed by atoms with Gasteiger partial charge in [-0.3, -0.25) is 4.79 Å². The van der Waals surface area contributed by atoms with Crippen LogP contribution in [0.15, 0.2) is 48.5 Å². The van der Waals surface area contributed by atoms with E-state index in [1.165, 1.54) is 5.56 Å². The Bertz CT molecular complexity index is 768. The Labute approximate surface area is 165 Å². The Morgan fingerprint density at radius 3 is 2.58 bits per heavy atom. The lowest BCUT2D eigenvalue weighted by Gasteiger charge is -2.16. The molecule has 1 saturated heterocycles. The van der Waals surface area contributed by atoms with Crippen LogP contribution in [0.25, 0.3) is 11.1 Å². The van der Waals surface area contributed by atoms with Crippen molar-refractivity contribution >= 4 is 30.1 Å². The van der Waals surface area contributed by atoms with Gasteiger partial charge in [0.05, 0.1) is 0 Å². The lowest BCUT2D eigenvalue weighted by molar-refractivity contribution is -0.131. The summed E-state index contributed by atoms with van der Waals surface area (Å²) in [5.74, 6) is 0.655. The van der Waals surface area contributed by atoms with Gasteiger partial charge >= 0.3 is 0 Å². The van der Waals surface area contributed by atoms with Crippen molar-refractivity contribution in [1.29, 1.82) is 0 Å². The van der Waals surface area contributed by atoms with Gasteiger partial charge in [0.2, 0.25) is 5.91 Å². The molecule has 26 heavy (non-hydrogen) atoms. The van der Waals surface area contributed by atoms with Crippen LogP contribution in [0.3, 0.4) is 0 Å². The van der Waals surface area contributed by atoms with Crippen molar-refractivity contribution in [3.63, 3.8) is 0 Å². The number of halogens is 1. The van der Waals surface area contributed by atoms with Gasteiger partial charge < -0.3 is 10.6 Å². The van der Waals surface area contributed by atoms with E-state index in [2.05, 4.69) is 30.8 Å². The fraction of sp³-hybridized carbons (Fsp3) is 0.381. The van der Waals surface area contributed by atoms with Gasteiger partial charge in [-0.15, -0.1) is 0 Å². The van der Waals surface area contributed by atoms with E-state index in [1.54, 1.807) is 6.26 Å². The Hall–Kier alpha value is -1.49. The number of thiol groups is 1. The molecule has 0 spiro atoms. The van der Waals surface area contributed by atoms with Gasteiger partial charge in [0.25, 0.3) is 0 Å². The van der Waals surface area contributed by atoms with Gasteiger partial charge in [0, 0.05) is 30.1 Å². The van der Waals surface area contributed by atoms with Gasteiger partial charge in [-0.1, -0.05) is 48.0 Å². The molecule has 1 heterocycles. The molecule has 0 aromatic heterocycles. The van der Waals surface area contributed by atoms with Crippen molar-refractivity contribution in [1.82, 2.24) is 4.90 Å². The number of benzene rings is 2. The third-order valence-electron chi connectivity index (χ3n) is 5.14. The van der Waals surface area contributed by atoms with Crippen LogP contribution in [0.2, 0.25) is 5.02 Å². The van der Waals surface area contributed by atoms with Crippen LogP contribution < -0.4 is 5.73 Å². The maximum atomic E-state index is 12.7. The zero-order chi connectivity index (χ0) is 18.7. The van der Waals surface area contributed by atoms with Crippen LogP contribution in [-0.2, 0) is 4.79 Å². The smallest absolute Gasteiger partial charge is 0.226 e. The minimum Gasteiger partial charge on any atom is -0.341 e. The molecule has 4 rings (SSSR count). The molecule has 3 unspecified atom stereocenters. The summed E-state index contributed by atoms with van der Waals surface area (Å²) in [5.41, 5.74) is 9.46. The quantitative estimate of drug-likeness (QED) is 0.773. The predicted molar refractivity (Wildman–Crippen MR) is 112 cm³/mol. The standard InChI is InChI=1S/C20H21ClN2O.CH4S/c21-14-6-7-16(17(10-14)13-4-2-1-3-5-13)18-11-19(18)20(24)23-9-8-15(22)12-23;1-2/h1-7,10,15,18-19H,8-9,11-12,22H2;2H,1H3. The summed E-state index contributed by atoms with van der Waals surface area (Å²) in [5, 5.41) is 0.728. The van der Waals surface area contributed by atoms with Gasteiger partial charge in [-0.05, 0) is 53.8 Å². The average molecular weight is 389 g/mol. The molecule has 1 aliphatic heterocycles. The van der Waals surface area contributed by atoms with Crippen molar-refractivity contribution in [2.75, 3.05) is 19.3 Å². The summed E-state index contributed by atoms with van der Waals surface area (Å²) in [6, 6.07) is 16.4. The summed E-state index contributed by atoms with van der Waals surface area (Å²) in [6.07, 6.45) is 3.53. The second kappa shape index (κ2) is 8.47. The third-order valence-corrected chi connectivity index (χ3v) is 5.38. The number of hydrogen-bond acceptors (Lipinski definition) is 3. The second-order valence-electron chi connectivity index (χ2n) is 6.88. The van der Waals surface area contributed by atoms with E-state index in [9.17, 15) is 4.79 Å². The molecule has 3 atom stereocenters. The lowest BCUT2D eigenvalue weighted by atomic mass is 9.96. The average Bonchev–Trinajstić information content (AvgIpc) is 3.36. The highest BCUT2D eigenvalue weighted by atomic mass is 35.5. The molecule has 2 N–H and O–H groups in total. The molecule has 5 heteroatoms. The number of nitrogens with zero attached hydrogens (tertiary/aromatic N) is 1. The minimum atomic E-state index is 0.0962. The number of hydrogen-bond donors (Lipinski definition) is 2. The molecule has 2 aliphatic rings. The van der Waals surface area contributed by atoms with E-state index >= 15 is 0 Å². The van der Waals surface area contributed by atoms with Gasteiger partial charge in [0.15, 0.2) is 0 Å². The predicted octanol–water partition coefficient (Wildman–Crippen LogP) is 4.22. The van der Waals surface area contributed by atoms with Crippen LogP contribution in [0.4, 0.5) is 0 Å². The molecule has 138 valence electrons. The van der Waals surface area contributed by atoms with E-state index in [-0.39, 0.29) is 17.9 Å². The number of likely N-dealkylation sites (tertiary alicyclic amines) is 1. The van der Waals surface area contributed by atoms with Crippen molar-refractivity contribution < 1.29 is 4.79 Å².